The van der Waals surface area contributed by atoms with E-state index in [1.54, 1.807) is 6.92 Å². The van der Waals surface area contributed by atoms with Gasteiger partial charge in [0.25, 0.3) is 0 Å². The van der Waals surface area contributed by atoms with Crippen molar-refractivity contribution in [2.45, 2.75) is 46.0 Å². The molecule has 1 amide bonds. The van der Waals surface area contributed by atoms with E-state index >= 15 is 0 Å². The Kier molecular flexibility index (Phi) is 5.45. The normalized spacial score (nSPS) is 25.3. The van der Waals surface area contributed by atoms with Crippen molar-refractivity contribution in [3.63, 3.8) is 0 Å². The van der Waals surface area contributed by atoms with E-state index in [9.17, 15) is 14.7 Å². The van der Waals surface area contributed by atoms with Gasteiger partial charge in [-0.05, 0) is 43.6 Å². The number of fused-ring (bicyclic) bond motifs is 1. The van der Waals surface area contributed by atoms with E-state index in [1.165, 1.54) is 25.7 Å². The zero-order valence-corrected chi connectivity index (χ0v) is 15.3. The van der Waals surface area contributed by atoms with Gasteiger partial charge in [-0.25, -0.2) is 0 Å². The molecule has 3 rings (SSSR count). The van der Waals surface area contributed by atoms with Crippen molar-refractivity contribution < 1.29 is 14.7 Å². The van der Waals surface area contributed by atoms with Gasteiger partial charge in [-0.15, -0.1) is 0 Å². The van der Waals surface area contributed by atoms with Gasteiger partial charge in [-0.1, -0.05) is 49.6 Å². The quantitative estimate of drug-likeness (QED) is 0.890. The van der Waals surface area contributed by atoms with Crippen LogP contribution in [0.4, 0.5) is 0 Å². The van der Waals surface area contributed by atoms with Crippen molar-refractivity contribution in [2.75, 3.05) is 13.1 Å². The molecular formula is C21H29NO3. The molecule has 1 saturated heterocycles. The third-order valence-electron chi connectivity index (χ3n) is 6.17. The molecular weight excluding hydrogens is 314 g/mol. The topological polar surface area (TPSA) is 57.6 Å². The first kappa shape index (κ1) is 18.0. The SMILES string of the molecule is Cc1ccc(CC(C(=O)O)C(C)C(=O)N2CC3CCCCC3C2)cc1. The smallest absolute Gasteiger partial charge is 0.307 e. The molecule has 0 bridgehead atoms. The van der Waals surface area contributed by atoms with Gasteiger partial charge in [0.15, 0.2) is 0 Å². The van der Waals surface area contributed by atoms with Gasteiger partial charge in [-0.2, -0.15) is 0 Å². The average molecular weight is 343 g/mol. The van der Waals surface area contributed by atoms with Crippen molar-refractivity contribution in [1.82, 2.24) is 4.90 Å². The Bertz CT molecular complexity index is 611. The summed E-state index contributed by atoms with van der Waals surface area (Å²) in [5.74, 6) is -0.751. The van der Waals surface area contributed by atoms with Crippen LogP contribution >= 0.6 is 0 Å². The first-order chi connectivity index (χ1) is 12.0. The third kappa shape index (κ3) is 4.05. The zero-order valence-electron chi connectivity index (χ0n) is 15.3. The van der Waals surface area contributed by atoms with Gasteiger partial charge in [0.2, 0.25) is 5.91 Å². The van der Waals surface area contributed by atoms with Crippen molar-refractivity contribution in [3.05, 3.63) is 35.4 Å². The monoisotopic (exact) mass is 343 g/mol. The molecule has 25 heavy (non-hydrogen) atoms. The second-order valence-corrected chi connectivity index (χ2v) is 7.97. The number of carbonyl (C=O) groups is 2. The van der Waals surface area contributed by atoms with Gasteiger partial charge < -0.3 is 10.0 Å². The summed E-state index contributed by atoms with van der Waals surface area (Å²) < 4.78 is 0. The predicted octanol–water partition coefficient (Wildman–Crippen LogP) is 3.52. The van der Waals surface area contributed by atoms with E-state index in [0.29, 0.717) is 18.3 Å². The lowest BCUT2D eigenvalue weighted by Crippen LogP contribution is -2.39. The maximum absolute atomic E-state index is 12.9. The predicted molar refractivity (Wildman–Crippen MR) is 97.2 cm³/mol. The summed E-state index contributed by atoms with van der Waals surface area (Å²) in [4.78, 5) is 26.7. The fraction of sp³-hybridized carbons (Fsp3) is 0.619. The van der Waals surface area contributed by atoms with Gasteiger partial charge in [0.05, 0.1) is 5.92 Å². The Morgan fingerprint density at radius 1 is 1.12 bits per heavy atom. The average Bonchev–Trinajstić information content (AvgIpc) is 3.03. The molecule has 1 saturated carbocycles. The zero-order chi connectivity index (χ0) is 18.0. The Hall–Kier alpha value is -1.84. The van der Waals surface area contributed by atoms with Crippen LogP contribution in [-0.2, 0) is 16.0 Å². The summed E-state index contributed by atoms with van der Waals surface area (Å²) in [6, 6.07) is 7.91. The van der Waals surface area contributed by atoms with Crippen LogP contribution < -0.4 is 0 Å². The first-order valence-corrected chi connectivity index (χ1v) is 9.53. The number of hydrogen-bond donors (Lipinski definition) is 1. The lowest BCUT2D eigenvalue weighted by molar-refractivity contribution is -0.149. The van der Waals surface area contributed by atoms with E-state index in [-0.39, 0.29) is 5.91 Å². The van der Waals surface area contributed by atoms with Crippen LogP contribution in [0.5, 0.6) is 0 Å². The van der Waals surface area contributed by atoms with Gasteiger partial charge in [-0.3, -0.25) is 9.59 Å². The Balaban J connectivity index is 1.67. The van der Waals surface area contributed by atoms with Crippen LogP contribution in [0.15, 0.2) is 24.3 Å². The van der Waals surface area contributed by atoms with Gasteiger partial charge >= 0.3 is 5.97 Å². The molecule has 1 N–H and O–H groups in total. The molecule has 1 heterocycles. The van der Waals surface area contributed by atoms with Crippen LogP contribution in [0.2, 0.25) is 0 Å². The number of benzene rings is 1. The molecule has 0 spiro atoms. The molecule has 1 aromatic rings. The first-order valence-electron chi connectivity index (χ1n) is 9.53. The van der Waals surface area contributed by atoms with Gasteiger partial charge in [0, 0.05) is 19.0 Å². The molecule has 4 atom stereocenters. The lowest BCUT2D eigenvalue weighted by atomic mass is 9.82. The van der Waals surface area contributed by atoms with E-state index in [0.717, 1.165) is 24.2 Å². The van der Waals surface area contributed by atoms with Crippen molar-refractivity contribution >= 4 is 11.9 Å². The molecule has 4 heteroatoms. The fourth-order valence-corrected chi connectivity index (χ4v) is 4.50. The molecule has 2 aliphatic rings. The lowest BCUT2D eigenvalue weighted by Gasteiger charge is -2.25. The summed E-state index contributed by atoms with van der Waals surface area (Å²) in [5, 5.41) is 9.69. The summed E-state index contributed by atoms with van der Waals surface area (Å²) in [5.41, 5.74) is 2.13. The molecule has 2 fully saturated rings. The Morgan fingerprint density at radius 2 is 1.68 bits per heavy atom. The number of amides is 1. The molecule has 136 valence electrons. The van der Waals surface area contributed by atoms with Crippen molar-refractivity contribution in [1.29, 1.82) is 0 Å². The van der Waals surface area contributed by atoms with Crippen LogP contribution in [0.25, 0.3) is 0 Å². The van der Waals surface area contributed by atoms with Crippen molar-refractivity contribution in [3.8, 4) is 0 Å². The molecule has 1 aliphatic carbocycles. The number of aryl methyl sites for hydroxylation is 1. The fourth-order valence-electron chi connectivity index (χ4n) is 4.50. The number of carboxylic acid groups (broad SMARTS) is 1. The number of carbonyl (C=O) groups excluding carboxylic acids is 1. The van der Waals surface area contributed by atoms with Crippen LogP contribution in [0.1, 0.15) is 43.7 Å². The third-order valence-corrected chi connectivity index (χ3v) is 6.17. The Morgan fingerprint density at radius 3 is 2.20 bits per heavy atom. The number of nitrogens with zero attached hydrogens (tertiary/aromatic N) is 1. The Labute approximate surface area is 150 Å². The summed E-state index contributed by atoms with van der Waals surface area (Å²) >= 11 is 0. The molecule has 0 aromatic heterocycles. The van der Waals surface area contributed by atoms with Crippen LogP contribution in [0, 0.1) is 30.6 Å². The highest BCUT2D eigenvalue weighted by Crippen LogP contribution is 2.37. The molecule has 4 unspecified atom stereocenters. The van der Waals surface area contributed by atoms with E-state index in [2.05, 4.69) is 0 Å². The van der Waals surface area contributed by atoms with E-state index in [1.807, 2.05) is 36.1 Å². The number of aliphatic carboxylic acids is 1. The maximum Gasteiger partial charge on any atom is 0.307 e. The number of carboxylic acids is 1. The standard InChI is InChI=1S/C21H29NO3/c1-14-7-9-16(10-8-14)11-19(21(24)25)15(2)20(23)22-12-17-5-3-4-6-18(17)13-22/h7-10,15,17-19H,3-6,11-13H2,1-2H3,(H,24,25). The second kappa shape index (κ2) is 7.59. The highest BCUT2D eigenvalue weighted by molar-refractivity contribution is 5.84. The number of rotatable bonds is 5. The van der Waals surface area contributed by atoms with Crippen LogP contribution in [-0.4, -0.2) is 35.0 Å². The summed E-state index contributed by atoms with van der Waals surface area (Å²) in [6.45, 7) is 5.45. The maximum atomic E-state index is 12.9. The number of hydrogen-bond acceptors (Lipinski definition) is 2. The minimum Gasteiger partial charge on any atom is -0.481 e. The summed E-state index contributed by atoms with van der Waals surface area (Å²) in [7, 11) is 0. The molecule has 0 radical (unpaired) electrons. The number of likely N-dealkylation sites (tertiary alicyclic amines) is 1. The van der Waals surface area contributed by atoms with Crippen LogP contribution in [0.3, 0.4) is 0 Å². The highest BCUT2D eigenvalue weighted by atomic mass is 16.4. The summed E-state index contributed by atoms with van der Waals surface area (Å²) in [6.07, 6.45) is 5.38. The molecule has 1 aliphatic heterocycles. The van der Waals surface area contributed by atoms with Crippen molar-refractivity contribution in [2.24, 2.45) is 23.7 Å². The second-order valence-electron chi connectivity index (χ2n) is 7.97. The molecule has 1 aromatic carbocycles. The minimum absolute atomic E-state index is 0.0221. The van der Waals surface area contributed by atoms with E-state index in [4.69, 9.17) is 0 Å². The minimum atomic E-state index is -0.877. The highest BCUT2D eigenvalue weighted by Gasteiger charge is 2.40. The largest absolute Gasteiger partial charge is 0.481 e. The molecule has 4 nitrogen and oxygen atoms in total. The van der Waals surface area contributed by atoms with E-state index < -0.39 is 17.8 Å². The van der Waals surface area contributed by atoms with Gasteiger partial charge in [0.1, 0.15) is 0 Å².